The Kier molecular flexibility index (Phi) is 8.84. The van der Waals surface area contributed by atoms with Gasteiger partial charge in [-0.15, -0.1) is 0 Å². The predicted molar refractivity (Wildman–Crippen MR) is 87.2 cm³/mol. The molecule has 0 saturated heterocycles. The molecule has 135 valence electrons. The van der Waals surface area contributed by atoms with Crippen molar-refractivity contribution in [2.24, 2.45) is 0 Å². The van der Waals surface area contributed by atoms with Gasteiger partial charge in [-0.05, 0) is 23.3 Å². The molecule has 0 saturated carbocycles. The van der Waals surface area contributed by atoms with Gasteiger partial charge < -0.3 is 24.7 Å². The van der Waals surface area contributed by atoms with Crippen LogP contribution in [-0.4, -0.2) is 30.7 Å². The van der Waals surface area contributed by atoms with Crippen LogP contribution in [0, 0.1) is 0 Å². The zero-order chi connectivity index (χ0) is 17.4. The topological polar surface area (TPSA) is 84.9 Å². The quantitative estimate of drug-likeness (QED) is 0.301. The van der Waals surface area contributed by atoms with Gasteiger partial charge in [0.25, 0.3) is 0 Å². The fraction of sp³-hybridized carbons (Fsp3) is 0.222. The first kappa shape index (κ1) is 20.8. The molecule has 1 radical (unpaired) electrons. The molecule has 0 bridgehead atoms. The number of hydrogen-bond acceptors (Lipinski definition) is 4. The number of hydrogen-bond donors (Lipinski definition) is 2. The molecule has 0 heterocycles. The summed E-state index contributed by atoms with van der Waals surface area (Å²) in [4.78, 5) is 22.2. The number of methoxy groups -OCH3 is 1. The minimum absolute atomic E-state index is 0. The Hall–Kier alpha value is -2.21. The summed E-state index contributed by atoms with van der Waals surface area (Å²) in [5, 5.41) is 11.8. The minimum atomic E-state index is -1.11. The second-order valence-corrected chi connectivity index (χ2v) is 5.05. The summed E-state index contributed by atoms with van der Waals surface area (Å²) in [6, 6.07) is 15.9. The zero-order valence-electron chi connectivity index (χ0n) is 13.5. The fourth-order valence-corrected chi connectivity index (χ4v) is 2.21. The normalized spacial score (nSPS) is 12.4. The first-order valence-electron chi connectivity index (χ1n) is 7.33. The van der Waals surface area contributed by atoms with Crippen molar-refractivity contribution in [2.45, 2.75) is 18.8 Å². The summed E-state index contributed by atoms with van der Waals surface area (Å²) in [5.74, 6) is -0.461. The zero-order valence-corrected chi connectivity index (χ0v) is 15.9. The van der Waals surface area contributed by atoms with Gasteiger partial charge in [-0.1, -0.05) is 42.5 Å². The first-order chi connectivity index (χ1) is 11.6. The Morgan fingerprint density at radius 2 is 1.80 bits per heavy atom. The van der Waals surface area contributed by atoms with Gasteiger partial charge in [0.2, 0.25) is 0 Å². The Bertz CT molecular complexity index is 663. The molecule has 2 aromatic rings. The van der Waals surface area contributed by atoms with Crippen molar-refractivity contribution in [3.05, 3.63) is 65.7 Å². The molecule has 2 N–H and O–H groups in total. The Balaban J connectivity index is 0.00000312. The van der Waals surface area contributed by atoms with E-state index in [9.17, 15) is 14.7 Å². The number of benzene rings is 2. The van der Waals surface area contributed by atoms with E-state index in [1.165, 1.54) is 0 Å². The number of rotatable bonds is 9. The van der Waals surface area contributed by atoms with E-state index >= 15 is 0 Å². The largest absolute Gasteiger partial charge is 0.520 e. The van der Waals surface area contributed by atoms with Crippen molar-refractivity contribution < 1.29 is 44.3 Å². The third-order valence-electron chi connectivity index (χ3n) is 3.45. The number of carboxylic acid groups (broad SMARTS) is 1. The van der Waals surface area contributed by atoms with E-state index in [-0.39, 0.29) is 26.5 Å². The Labute approximate surface area is 159 Å². The molecule has 6 nitrogen and oxygen atoms in total. The number of aliphatic carboxylic acids is 1. The molecule has 0 aliphatic rings. The van der Waals surface area contributed by atoms with Crippen molar-refractivity contribution in [1.29, 1.82) is 0 Å². The van der Waals surface area contributed by atoms with E-state index in [1.807, 2.05) is 30.3 Å². The maximum Gasteiger partial charge on any atom is 0.333 e. The van der Waals surface area contributed by atoms with Crippen LogP contribution in [0.25, 0.3) is 0 Å². The fourth-order valence-electron chi connectivity index (χ4n) is 2.21. The van der Waals surface area contributed by atoms with Crippen LogP contribution in [0.15, 0.2) is 54.6 Å². The number of carbonyl (C=O) groups excluding carboxylic acids is 1. The van der Waals surface area contributed by atoms with Crippen LogP contribution < -0.4 is 10.1 Å². The smallest absolute Gasteiger partial charge is 0.333 e. The standard InChI is InChI=1S/C18H18NO5.Ir/c1-23-15-9-7-14(8-10-15)17(19-12-20)24-16(18(21)22)11-13-5-3-2-4-6-13;/h2-10,16-17H,11H2,1H3,(H,19,20)(H,21,22);/q-1;. The number of carbonyl (C=O) groups is 1. The van der Waals surface area contributed by atoms with E-state index in [2.05, 4.69) is 5.32 Å². The molecule has 0 aliphatic carbocycles. The van der Waals surface area contributed by atoms with Crippen molar-refractivity contribution in [3.8, 4) is 5.75 Å². The Morgan fingerprint density at radius 3 is 2.32 bits per heavy atom. The summed E-state index contributed by atoms with van der Waals surface area (Å²) >= 11 is 0. The van der Waals surface area contributed by atoms with Crippen LogP contribution in [0.1, 0.15) is 17.4 Å². The van der Waals surface area contributed by atoms with Crippen LogP contribution in [0.3, 0.4) is 0 Å². The average Bonchev–Trinajstić information content (AvgIpc) is 2.61. The average molecular weight is 521 g/mol. The maximum atomic E-state index is 11.5. The third-order valence-corrected chi connectivity index (χ3v) is 3.45. The molecule has 25 heavy (non-hydrogen) atoms. The molecule has 1 amide bonds. The van der Waals surface area contributed by atoms with Crippen molar-refractivity contribution in [2.75, 3.05) is 7.11 Å². The maximum absolute atomic E-state index is 11.5. The monoisotopic (exact) mass is 521 g/mol. The summed E-state index contributed by atoms with van der Waals surface area (Å²) in [7, 11) is 1.54. The minimum Gasteiger partial charge on any atom is -0.520 e. The molecule has 2 unspecified atom stereocenters. The second-order valence-electron chi connectivity index (χ2n) is 5.05. The van der Waals surface area contributed by atoms with Crippen LogP contribution in [0.5, 0.6) is 5.75 Å². The van der Waals surface area contributed by atoms with E-state index < -0.39 is 18.3 Å². The molecule has 7 heteroatoms. The van der Waals surface area contributed by atoms with E-state index in [0.29, 0.717) is 11.3 Å². The molecule has 2 aromatic carbocycles. The summed E-state index contributed by atoms with van der Waals surface area (Å²) in [6.07, 6.45) is -0.291. The van der Waals surface area contributed by atoms with E-state index in [0.717, 1.165) is 5.56 Å². The van der Waals surface area contributed by atoms with Crippen LogP contribution >= 0.6 is 0 Å². The Morgan fingerprint density at radius 1 is 1.16 bits per heavy atom. The van der Waals surface area contributed by atoms with Gasteiger partial charge in [0.05, 0.1) is 7.11 Å². The van der Waals surface area contributed by atoms with Crippen molar-refractivity contribution in [1.82, 2.24) is 5.32 Å². The molecule has 2 atom stereocenters. The van der Waals surface area contributed by atoms with Crippen molar-refractivity contribution in [3.63, 3.8) is 0 Å². The predicted octanol–water partition coefficient (Wildman–Crippen LogP) is 2.06. The summed E-state index contributed by atoms with van der Waals surface area (Å²) in [5.41, 5.74) is 1.42. The SMILES string of the molecule is COc1ccc(C(N[C-]=O)OC(Cc2ccccc2)C(=O)O)cc1.[Ir]. The molecular formula is C18H18IrNO5-. The number of nitrogens with one attached hydrogen (secondary N) is 1. The summed E-state index contributed by atoms with van der Waals surface area (Å²) < 4.78 is 10.7. The van der Waals surface area contributed by atoms with Crippen LogP contribution in [-0.2, 0) is 40.9 Å². The van der Waals surface area contributed by atoms with Gasteiger partial charge in [0.1, 0.15) is 12.0 Å². The number of ether oxygens (including phenoxy) is 2. The van der Waals surface area contributed by atoms with Crippen LogP contribution in [0.4, 0.5) is 0 Å². The third kappa shape index (κ3) is 6.30. The molecule has 0 spiro atoms. The van der Waals surface area contributed by atoms with Gasteiger partial charge in [-0.2, -0.15) is 6.41 Å². The van der Waals surface area contributed by atoms with Gasteiger partial charge in [-0.3, -0.25) is 0 Å². The van der Waals surface area contributed by atoms with Gasteiger partial charge in [0.15, 0.2) is 6.10 Å². The van der Waals surface area contributed by atoms with E-state index in [4.69, 9.17) is 9.47 Å². The van der Waals surface area contributed by atoms with Gasteiger partial charge in [-0.25, -0.2) is 4.79 Å². The number of amides is 1. The molecular weight excluding hydrogens is 502 g/mol. The number of carboxylic acids is 1. The summed E-state index contributed by atoms with van der Waals surface area (Å²) in [6.45, 7) is 0. The second kappa shape index (κ2) is 10.6. The molecule has 0 aromatic heterocycles. The first-order valence-corrected chi connectivity index (χ1v) is 7.33. The van der Waals surface area contributed by atoms with Gasteiger partial charge in [0, 0.05) is 26.5 Å². The molecule has 0 fully saturated rings. The molecule has 2 rings (SSSR count). The van der Waals surface area contributed by atoms with E-state index in [1.54, 1.807) is 37.8 Å². The van der Waals surface area contributed by atoms with Gasteiger partial charge >= 0.3 is 5.97 Å². The molecule has 0 aliphatic heterocycles. The van der Waals surface area contributed by atoms with Crippen LogP contribution in [0.2, 0.25) is 0 Å². The van der Waals surface area contributed by atoms with Crippen molar-refractivity contribution >= 4 is 12.4 Å².